The molecule has 1 nitrogen and oxygen atoms in total. The fourth-order valence-electron chi connectivity index (χ4n) is 4.95. The fourth-order valence-corrected chi connectivity index (χ4v) is 4.95. The summed E-state index contributed by atoms with van der Waals surface area (Å²) in [6, 6.07) is 0. The van der Waals surface area contributed by atoms with E-state index in [0.717, 1.165) is 29.7 Å². The molecule has 4 saturated carbocycles. The van der Waals surface area contributed by atoms with Gasteiger partial charge in [0.15, 0.2) is 0 Å². The zero-order valence-corrected chi connectivity index (χ0v) is 9.34. The van der Waals surface area contributed by atoms with Gasteiger partial charge in [0.25, 0.3) is 0 Å². The highest BCUT2D eigenvalue weighted by Gasteiger charge is 2.49. The third kappa shape index (κ3) is 1.41. The van der Waals surface area contributed by atoms with Gasteiger partial charge in [-0.25, -0.2) is 0 Å². The van der Waals surface area contributed by atoms with E-state index in [1.165, 1.54) is 6.42 Å². The van der Waals surface area contributed by atoms with Gasteiger partial charge in [-0.2, -0.15) is 7.05 Å². The summed E-state index contributed by atoms with van der Waals surface area (Å²) in [6.45, 7) is 1.12. The molecule has 0 saturated heterocycles. The predicted octanol–water partition coefficient (Wildman–Crippen LogP) is 3.60. The van der Waals surface area contributed by atoms with E-state index in [1.807, 2.05) is 7.05 Å². The van der Waals surface area contributed by atoms with Crippen LogP contribution in [0.2, 0.25) is 0 Å². The summed E-state index contributed by atoms with van der Waals surface area (Å²) in [5.74, 6) is 3.33. The molecule has 0 aromatic heterocycles. The van der Waals surface area contributed by atoms with E-state index in [1.54, 1.807) is 38.5 Å². The van der Waals surface area contributed by atoms with Crippen LogP contribution in [-0.4, -0.2) is 13.6 Å². The van der Waals surface area contributed by atoms with Gasteiger partial charge in [0, 0.05) is 0 Å². The first-order chi connectivity index (χ1) is 6.80. The van der Waals surface area contributed by atoms with Gasteiger partial charge < -0.3 is 5.32 Å². The summed E-state index contributed by atoms with van der Waals surface area (Å²) >= 11 is 0. The van der Waals surface area contributed by atoms with Gasteiger partial charge in [0.1, 0.15) is 0 Å². The summed E-state index contributed by atoms with van der Waals surface area (Å²) in [7, 11) is 1.97. The first-order valence-corrected chi connectivity index (χ1v) is 6.35. The minimum Gasteiger partial charge on any atom is -0.665 e. The van der Waals surface area contributed by atoms with E-state index in [2.05, 4.69) is 5.32 Å². The average Bonchev–Trinajstić information content (AvgIpc) is 2.12. The van der Waals surface area contributed by atoms with Gasteiger partial charge in [-0.1, -0.05) is 6.42 Å². The van der Waals surface area contributed by atoms with Crippen molar-refractivity contribution < 1.29 is 0 Å². The second-order valence-corrected chi connectivity index (χ2v) is 6.21. The second kappa shape index (κ2) is 3.23. The van der Waals surface area contributed by atoms with Crippen LogP contribution in [0.15, 0.2) is 0 Å². The molecule has 0 unspecified atom stereocenters. The maximum Gasteiger partial charge on any atom is -0.0306 e. The van der Waals surface area contributed by atoms with Crippen molar-refractivity contribution in [2.45, 2.75) is 44.9 Å². The lowest BCUT2D eigenvalue weighted by Gasteiger charge is -2.57. The second-order valence-electron chi connectivity index (χ2n) is 6.21. The minimum absolute atomic E-state index is 0.758. The van der Waals surface area contributed by atoms with Crippen molar-refractivity contribution in [1.82, 2.24) is 0 Å². The smallest absolute Gasteiger partial charge is 0.0306 e. The summed E-state index contributed by atoms with van der Waals surface area (Å²) < 4.78 is 0. The quantitative estimate of drug-likeness (QED) is 0.648. The van der Waals surface area contributed by atoms with E-state index in [4.69, 9.17) is 0 Å². The zero-order chi connectivity index (χ0) is 9.60. The molecule has 0 heterocycles. The minimum atomic E-state index is 0.758. The Labute approximate surface area is 87.7 Å². The molecule has 0 spiro atoms. The molecule has 0 aromatic carbocycles. The summed E-state index contributed by atoms with van der Waals surface area (Å²) in [4.78, 5) is 0. The summed E-state index contributed by atoms with van der Waals surface area (Å²) in [6.07, 6.45) is 10.8. The Morgan fingerprint density at radius 3 is 1.93 bits per heavy atom. The van der Waals surface area contributed by atoms with Crippen LogP contribution in [0.5, 0.6) is 0 Å². The predicted molar refractivity (Wildman–Crippen MR) is 59.4 cm³/mol. The normalized spacial score (nSPS) is 49.9. The van der Waals surface area contributed by atoms with Crippen LogP contribution in [0.25, 0.3) is 5.32 Å². The van der Waals surface area contributed by atoms with Crippen LogP contribution < -0.4 is 0 Å². The molecule has 0 aromatic rings. The van der Waals surface area contributed by atoms with Gasteiger partial charge in [-0.15, -0.1) is 6.54 Å². The molecule has 4 aliphatic rings. The van der Waals surface area contributed by atoms with Crippen molar-refractivity contribution in [2.24, 2.45) is 23.2 Å². The summed E-state index contributed by atoms with van der Waals surface area (Å²) in [5.41, 5.74) is 0.758. The standard InChI is InChI=1S/C13H22N/c1-14-3-2-13-7-10-4-11(8-13)6-12(5-10)9-13/h10-12H,2-9H2,1H3/q-1. The summed E-state index contributed by atoms with van der Waals surface area (Å²) in [5, 5.41) is 4.31. The molecule has 4 rings (SSSR count). The number of hydrogen-bond donors (Lipinski definition) is 0. The number of hydrogen-bond acceptors (Lipinski definition) is 0. The molecule has 14 heavy (non-hydrogen) atoms. The molecule has 1 heteroatoms. The van der Waals surface area contributed by atoms with E-state index in [-0.39, 0.29) is 0 Å². The largest absolute Gasteiger partial charge is 0.665 e. The maximum atomic E-state index is 4.31. The van der Waals surface area contributed by atoms with Crippen molar-refractivity contribution in [3.8, 4) is 0 Å². The first kappa shape index (κ1) is 9.21. The van der Waals surface area contributed by atoms with Crippen LogP contribution in [0.1, 0.15) is 44.9 Å². The molecule has 0 amide bonds. The molecule has 80 valence electrons. The van der Waals surface area contributed by atoms with Crippen LogP contribution >= 0.6 is 0 Å². The van der Waals surface area contributed by atoms with Crippen molar-refractivity contribution in [2.75, 3.05) is 13.6 Å². The van der Waals surface area contributed by atoms with Crippen molar-refractivity contribution in [3.05, 3.63) is 5.32 Å². The topological polar surface area (TPSA) is 14.1 Å². The molecule has 4 fully saturated rings. The fraction of sp³-hybridized carbons (Fsp3) is 1.00. The Balaban J connectivity index is 1.74. The molecule has 4 bridgehead atoms. The third-order valence-electron chi connectivity index (χ3n) is 5.03. The van der Waals surface area contributed by atoms with Crippen molar-refractivity contribution >= 4 is 0 Å². The van der Waals surface area contributed by atoms with E-state index < -0.39 is 0 Å². The monoisotopic (exact) mass is 192 g/mol. The third-order valence-corrected chi connectivity index (χ3v) is 5.03. The molecule has 0 N–H and O–H groups in total. The SMILES string of the molecule is C[N-]CCC12CC3CC(CC(C3)C1)C2. The van der Waals surface area contributed by atoms with E-state index in [0.29, 0.717) is 0 Å². The Morgan fingerprint density at radius 1 is 1.00 bits per heavy atom. The molecule has 0 aliphatic heterocycles. The van der Waals surface area contributed by atoms with E-state index in [9.17, 15) is 0 Å². The highest BCUT2D eigenvalue weighted by molar-refractivity contribution is 5.02. The van der Waals surface area contributed by atoms with E-state index >= 15 is 0 Å². The lowest BCUT2D eigenvalue weighted by atomic mass is 9.49. The van der Waals surface area contributed by atoms with Crippen LogP contribution in [0.4, 0.5) is 0 Å². The van der Waals surface area contributed by atoms with Gasteiger partial charge >= 0.3 is 0 Å². The lowest BCUT2D eigenvalue weighted by Crippen LogP contribution is -2.46. The lowest BCUT2D eigenvalue weighted by molar-refractivity contribution is -0.0550. The molecular weight excluding hydrogens is 170 g/mol. The van der Waals surface area contributed by atoms with Gasteiger partial charge in [-0.05, 0) is 61.7 Å². The number of nitrogens with zero attached hydrogens (tertiary/aromatic N) is 1. The van der Waals surface area contributed by atoms with Crippen LogP contribution in [-0.2, 0) is 0 Å². The Bertz CT molecular complexity index is 186. The highest BCUT2D eigenvalue weighted by atomic mass is 14.8. The average molecular weight is 192 g/mol. The first-order valence-electron chi connectivity index (χ1n) is 6.35. The Hall–Kier alpha value is -0.0400. The Kier molecular flexibility index (Phi) is 2.12. The molecule has 0 radical (unpaired) electrons. The highest BCUT2D eigenvalue weighted by Crippen LogP contribution is 2.61. The maximum absolute atomic E-state index is 4.31. The van der Waals surface area contributed by atoms with Gasteiger partial charge in [-0.3, -0.25) is 0 Å². The zero-order valence-electron chi connectivity index (χ0n) is 9.34. The van der Waals surface area contributed by atoms with Crippen LogP contribution in [0, 0.1) is 23.2 Å². The Morgan fingerprint density at radius 2 is 1.50 bits per heavy atom. The molecule has 4 aliphatic carbocycles. The van der Waals surface area contributed by atoms with Crippen molar-refractivity contribution in [3.63, 3.8) is 0 Å². The molecule has 0 atom stereocenters. The number of rotatable bonds is 3. The van der Waals surface area contributed by atoms with Crippen LogP contribution in [0.3, 0.4) is 0 Å². The van der Waals surface area contributed by atoms with Crippen molar-refractivity contribution in [1.29, 1.82) is 0 Å². The molecular formula is C13H22N-. The van der Waals surface area contributed by atoms with Gasteiger partial charge in [0.05, 0.1) is 0 Å². The van der Waals surface area contributed by atoms with Gasteiger partial charge in [0.2, 0.25) is 0 Å².